The van der Waals surface area contributed by atoms with Gasteiger partial charge in [-0.25, -0.2) is 0 Å². The summed E-state index contributed by atoms with van der Waals surface area (Å²) in [7, 11) is 5.40. The van der Waals surface area contributed by atoms with Gasteiger partial charge in [-0.3, -0.25) is 4.79 Å². The van der Waals surface area contributed by atoms with Gasteiger partial charge in [0, 0.05) is 43.2 Å². The quantitative estimate of drug-likeness (QED) is 0.347. The number of hydrogen-bond acceptors (Lipinski definition) is 12. The molecule has 3 fully saturated rings. The number of hydrogen-bond donors (Lipinski definition) is 3. The second kappa shape index (κ2) is 14.9. The van der Waals surface area contributed by atoms with Crippen LogP contribution in [0.3, 0.4) is 0 Å². The molecule has 12 heteroatoms. The first-order valence-corrected chi connectivity index (χ1v) is 18.0. The van der Waals surface area contributed by atoms with Crippen molar-refractivity contribution in [3.63, 3.8) is 0 Å². The molecular weight excluding hydrogens is 634 g/mol. The molecule has 12 nitrogen and oxygen atoms in total. The molecule has 11 unspecified atom stereocenters. The maximum absolute atomic E-state index is 14.1. The van der Waals surface area contributed by atoms with Gasteiger partial charge < -0.3 is 53.4 Å². The molecule has 16 atom stereocenters. The third kappa shape index (κ3) is 7.88. The van der Waals surface area contributed by atoms with Crippen LogP contribution in [-0.2, 0) is 38.0 Å². The number of aliphatic hydroxyl groups excluding tert-OH is 3. The molecule has 0 radical (unpaired) electrons. The smallest absolute Gasteiger partial charge is 0.311 e. The number of ether oxygens (including phenoxy) is 7. The summed E-state index contributed by atoms with van der Waals surface area (Å²) in [5.41, 5.74) is -1.78. The highest BCUT2D eigenvalue weighted by molar-refractivity contribution is 5.73. The highest BCUT2D eigenvalue weighted by Crippen LogP contribution is 2.48. The van der Waals surface area contributed by atoms with E-state index in [4.69, 9.17) is 33.2 Å². The number of aliphatic hydroxyl groups is 3. The largest absolute Gasteiger partial charge is 0.489 e. The number of likely N-dealkylation sites (N-methyl/N-ethyl adjacent to an activating group) is 1. The molecule has 0 saturated carbocycles. The molecule has 284 valence electrons. The van der Waals surface area contributed by atoms with Gasteiger partial charge in [0.05, 0.1) is 35.9 Å². The van der Waals surface area contributed by atoms with E-state index in [0.717, 1.165) is 5.57 Å². The van der Waals surface area contributed by atoms with Gasteiger partial charge in [0.15, 0.2) is 12.6 Å². The van der Waals surface area contributed by atoms with E-state index in [1.54, 1.807) is 27.9 Å². The van der Waals surface area contributed by atoms with Crippen LogP contribution < -0.4 is 0 Å². The van der Waals surface area contributed by atoms with Crippen LogP contribution in [0.2, 0.25) is 0 Å². The Morgan fingerprint density at radius 3 is 2.12 bits per heavy atom. The molecule has 4 rings (SSSR count). The lowest BCUT2D eigenvalue weighted by Gasteiger charge is -2.48. The Kier molecular flexibility index (Phi) is 12.3. The predicted molar refractivity (Wildman–Crippen MR) is 182 cm³/mol. The first-order valence-electron chi connectivity index (χ1n) is 18.0. The summed E-state index contributed by atoms with van der Waals surface area (Å²) in [6.07, 6.45) is -6.30. The Morgan fingerprint density at radius 2 is 1.53 bits per heavy atom. The normalized spacial score (nSPS) is 48.3. The topological polar surface area (TPSA) is 146 Å². The SMILES string of the molecule is COC1(C)CC(OC2[C@H](C)C(OC3O[C@H](C)CC(N(C)C)C3O)C3(C)CC(C)=C(O3)[C@H](C)C(O)C(C)(C)C(C)OC(=O)[C@@H]2C)O[C@@H](C)C1O. The van der Waals surface area contributed by atoms with Gasteiger partial charge in [-0.05, 0) is 74.6 Å². The van der Waals surface area contributed by atoms with Crippen molar-refractivity contribution in [2.45, 2.75) is 174 Å². The Labute approximate surface area is 293 Å². The zero-order chi connectivity index (χ0) is 37.0. The van der Waals surface area contributed by atoms with Crippen molar-refractivity contribution in [1.29, 1.82) is 0 Å². The van der Waals surface area contributed by atoms with E-state index in [1.165, 1.54) is 0 Å². The second-order valence-corrected chi connectivity index (χ2v) is 16.7. The molecule has 0 spiro atoms. The van der Waals surface area contributed by atoms with Crippen molar-refractivity contribution in [2.24, 2.45) is 23.2 Å². The molecule has 4 heterocycles. The van der Waals surface area contributed by atoms with Gasteiger partial charge in [-0.1, -0.05) is 27.7 Å². The molecule has 3 N–H and O–H groups in total. The number of nitrogens with zero attached hydrogens (tertiary/aromatic N) is 1. The average Bonchev–Trinajstić information content (AvgIpc) is 3.34. The van der Waals surface area contributed by atoms with Gasteiger partial charge in [0.1, 0.15) is 35.8 Å². The van der Waals surface area contributed by atoms with Crippen LogP contribution >= 0.6 is 0 Å². The van der Waals surface area contributed by atoms with Crippen LogP contribution in [-0.4, -0.2) is 126 Å². The summed E-state index contributed by atoms with van der Waals surface area (Å²) in [5.74, 6) is -1.60. The van der Waals surface area contributed by atoms with E-state index < -0.39 is 95.6 Å². The van der Waals surface area contributed by atoms with Crippen molar-refractivity contribution in [3.05, 3.63) is 11.3 Å². The Bertz CT molecular complexity index is 1190. The van der Waals surface area contributed by atoms with E-state index in [-0.39, 0.29) is 18.6 Å². The van der Waals surface area contributed by atoms with E-state index >= 15 is 0 Å². The molecule has 4 aliphatic rings. The minimum absolute atomic E-state index is 0.186. The van der Waals surface area contributed by atoms with E-state index in [1.807, 2.05) is 74.4 Å². The zero-order valence-corrected chi connectivity index (χ0v) is 32.3. The molecule has 0 aromatic carbocycles. The maximum atomic E-state index is 14.1. The molecular formula is C37H65NO11. The molecule has 0 aromatic heterocycles. The van der Waals surface area contributed by atoms with Crippen LogP contribution in [0.4, 0.5) is 0 Å². The average molecular weight is 700 g/mol. The Balaban J connectivity index is 1.82. The molecule has 3 saturated heterocycles. The molecule has 4 aliphatic heterocycles. The summed E-state index contributed by atoms with van der Waals surface area (Å²) in [6, 6.07) is -0.207. The predicted octanol–water partition coefficient (Wildman–Crippen LogP) is 3.78. The lowest BCUT2D eigenvalue weighted by atomic mass is 9.75. The van der Waals surface area contributed by atoms with Gasteiger partial charge in [0.25, 0.3) is 0 Å². The van der Waals surface area contributed by atoms with Gasteiger partial charge in [-0.2, -0.15) is 0 Å². The van der Waals surface area contributed by atoms with Crippen molar-refractivity contribution in [1.82, 2.24) is 4.90 Å². The third-order valence-corrected chi connectivity index (χ3v) is 12.2. The fourth-order valence-electron chi connectivity index (χ4n) is 8.49. The minimum Gasteiger partial charge on any atom is -0.489 e. The molecule has 49 heavy (non-hydrogen) atoms. The van der Waals surface area contributed by atoms with Crippen molar-refractivity contribution >= 4 is 5.97 Å². The summed E-state index contributed by atoms with van der Waals surface area (Å²) in [4.78, 5) is 16.0. The number of cyclic esters (lactones) is 1. The number of carbonyl (C=O) groups is 1. The Hall–Kier alpha value is -1.35. The summed E-state index contributed by atoms with van der Waals surface area (Å²) in [6.45, 7) is 20.7. The van der Waals surface area contributed by atoms with Gasteiger partial charge in [-0.15, -0.1) is 0 Å². The Morgan fingerprint density at radius 1 is 0.898 bits per heavy atom. The maximum Gasteiger partial charge on any atom is 0.311 e. The summed E-state index contributed by atoms with van der Waals surface area (Å²) >= 11 is 0. The lowest BCUT2D eigenvalue weighted by Crippen LogP contribution is -2.60. The molecule has 2 bridgehead atoms. The zero-order valence-electron chi connectivity index (χ0n) is 32.3. The molecule has 0 aromatic rings. The van der Waals surface area contributed by atoms with Crippen molar-refractivity contribution < 1.29 is 53.3 Å². The van der Waals surface area contributed by atoms with Crippen LogP contribution in [0.5, 0.6) is 0 Å². The number of carbonyl (C=O) groups excluding carboxylic acids is 1. The minimum atomic E-state index is -0.994. The van der Waals surface area contributed by atoms with Gasteiger partial charge in [0.2, 0.25) is 0 Å². The fourth-order valence-corrected chi connectivity index (χ4v) is 8.49. The van der Waals surface area contributed by atoms with E-state index in [9.17, 15) is 20.1 Å². The first-order chi connectivity index (χ1) is 22.6. The number of rotatable bonds is 6. The van der Waals surface area contributed by atoms with Crippen LogP contribution in [0.1, 0.15) is 95.4 Å². The number of methoxy groups -OCH3 is 1. The highest BCUT2D eigenvalue weighted by atomic mass is 16.7. The lowest BCUT2D eigenvalue weighted by molar-refractivity contribution is -0.316. The monoisotopic (exact) mass is 699 g/mol. The van der Waals surface area contributed by atoms with Crippen molar-refractivity contribution in [2.75, 3.05) is 21.2 Å². The van der Waals surface area contributed by atoms with E-state index in [2.05, 4.69) is 0 Å². The van der Waals surface area contributed by atoms with Crippen LogP contribution in [0, 0.1) is 23.2 Å². The fraction of sp³-hybridized carbons (Fsp3) is 0.919. The van der Waals surface area contributed by atoms with Crippen LogP contribution in [0.25, 0.3) is 0 Å². The van der Waals surface area contributed by atoms with Crippen molar-refractivity contribution in [3.8, 4) is 0 Å². The highest BCUT2D eigenvalue weighted by Gasteiger charge is 2.55. The number of fused-ring (bicyclic) bond motifs is 2. The number of esters is 1. The standard InChI is InChI=1S/C37H65NO11/c1-18-16-37(11)32(48-34-27(39)25(38(12)13)15-19(2)44-34)21(4)29(47-26-17-36(10,43-14)31(41)23(6)45-26)22(5)33(42)46-24(7)35(8,9)30(40)20(3)28(18)49-37/h19-27,29-32,34,39-41H,15-17H2,1-14H3/t19-,20+,21+,22-,23+,24?,25?,26?,27?,29?,30?,31?,32?,34?,36?,37?/m1/s1. The third-order valence-electron chi connectivity index (χ3n) is 12.2. The van der Waals surface area contributed by atoms with Gasteiger partial charge >= 0.3 is 5.97 Å². The van der Waals surface area contributed by atoms with Crippen LogP contribution in [0.15, 0.2) is 11.3 Å². The molecule has 0 aliphatic carbocycles. The summed E-state index contributed by atoms with van der Waals surface area (Å²) < 4.78 is 44.9. The first kappa shape index (κ1) is 40.4. The second-order valence-electron chi connectivity index (χ2n) is 16.7. The summed E-state index contributed by atoms with van der Waals surface area (Å²) in [5, 5.41) is 34.2. The van der Waals surface area contributed by atoms with E-state index in [0.29, 0.717) is 18.6 Å². The molecule has 0 amide bonds.